The molecule has 0 aliphatic heterocycles. The molecule has 38 heavy (non-hydrogen) atoms. The smallest absolute Gasteiger partial charge is 0.257 e. The van der Waals surface area contributed by atoms with Gasteiger partial charge >= 0.3 is 0 Å². The van der Waals surface area contributed by atoms with Crippen LogP contribution >= 0.6 is 11.3 Å². The highest BCUT2D eigenvalue weighted by Gasteiger charge is 2.27. The molecule has 1 aliphatic carbocycles. The van der Waals surface area contributed by atoms with Crippen molar-refractivity contribution in [1.29, 1.82) is 5.26 Å². The number of carbonyl (C=O) groups excluding carboxylic acids is 1. The fourth-order valence-corrected chi connectivity index (χ4v) is 5.73. The maximum atomic E-state index is 13.0. The number of nitrogens with one attached hydrogen (secondary N) is 1. The van der Waals surface area contributed by atoms with Gasteiger partial charge in [0.1, 0.15) is 0 Å². The molecule has 0 bridgehead atoms. The number of hydrogen-bond donors (Lipinski definition) is 1. The zero-order valence-electron chi connectivity index (χ0n) is 20.8. The van der Waals surface area contributed by atoms with Crippen LogP contribution in [0.15, 0.2) is 60.9 Å². The van der Waals surface area contributed by atoms with E-state index >= 15 is 0 Å². The summed E-state index contributed by atoms with van der Waals surface area (Å²) in [6.45, 7) is 0.254. The van der Waals surface area contributed by atoms with Gasteiger partial charge < -0.3 is 0 Å². The normalized spacial score (nSPS) is 14.9. The Morgan fingerprint density at radius 2 is 2.08 bits per heavy atom. The SMILES string of the molecule is CN(CC(F)F)C1CCc2nc(NC(=O)c3cccc(Cn4cc(-c5ccc(C#N)cc5)cn4)c3)sc2C1. The lowest BCUT2D eigenvalue weighted by atomic mass is 9.96. The molecule has 5 rings (SSSR count). The van der Waals surface area contributed by atoms with Crippen LogP contribution in [-0.2, 0) is 19.4 Å². The molecule has 1 aliphatic rings. The number of nitriles is 1. The van der Waals surface area contributed by atoms with Gasteiger partial charge in [0, 0.05) is 28.2 Å². The van der Waals surface area contributed by atoms with E-state index in [1.165, 1.54) is 11.3 Å². The summed E-state index contributed by atoms with van der Waals surface area (Å²) in [4.78, 5) is 20.3. The first-order valence-corrected chi connectivity index (χ1v) is 13.1. The van der Waals surface area contributed by atoms with Gasteiger partial charge in [-0.15, -0.1) is 11.3 Å². The Balaban J connectivity index is 1.22. The van der Waals surface area contributed by atoms with E-state index in [9.17, 15) is 13.6 Å². The number of likely N-dealkylation sites (N-methyl/N-ethyl adjacent to an activating group) is 1. The van der Waals surface area contributed by atoms with Gasteiger partial charge in [0.2, 0.25) is 0 Å². The summed E-state index contributed by atoms with van der Waals surface area (Å²) >= 11 is 1.42. The molecule has 7 nitrogen and oxygen atoms in total. The second-order valence-corrected chi connectivity index (χ2v) is 10.5. The molecule has 10 heteroatoms. The molecule has 2 aromatic carbocycles. The van der Waals surface area contributed by atoms with Crippen LogP contribution in [0.4, 0.5) is 13.9 Å². The van der Waals surface area contributed by atoms with Crippen LogP contribution in [0.2, 0.25) is 0 Å². The molecule has 2 aromatic heterocycles. The Hall–Kier alpha value is -3.94. The van der Waals surface area contributed by atoms with E-state index < -0.39 is 6.43 Å². The van der Waals surface area contributed by atoms with Crippen LogP contribution in [0, 0.1) is 11.3 Å². The predicted molar refractivity (Wildman–Crippen MR) is 142 cm³/mol. The number of amides is 1. The van der Waals surface area contributed by atoms with Crippen molar-refractivity contribution >= 4 is 22.4 Å². The van der Waals surface area contributed by atoms with Crippen LogP contribution in [0.5, 0.6) is 0 Å². The van der Waals surface area contributed by atoms with Gasteiger partial charge in [0.05, 0.1) is 36.6 Å². The molecule has 1 N–H and O–H groups in total. The lowest BCUT2D eigenvalue weighted by Crippen LogP contribution is -2.38. The number of rotatable bonds is 8. The van der Waals surface area contributed by atoms with E-state index in [1.807, 2.05) is 36.5 Å². The lowest BCUT2D eigenvalue weighted by Gasteiger charge is -2.30. The number of fused-ring (bicyclic) bond motifs is 1. The quantitative estimate of drug-likeness (QED) is 0.336. The lowest BCUT2D eigenvalue weighted by molar-refractivity contribution is 0.0772. The summed E-state index contributed by atoms with van der Waals surface area (Å²) in [6.07, 6.45) is 3.50. The largest absolute Gasteiger partial charge is 0.298 e. The number of thiazole rings is 1. The molecule has 4 aromatic rings. The molecule has 0 radical (unpaired) electrons. The molecule has 2 heterocycles. The van der Waals surface area contributed by atoms with Crippen molar-refractivity contribution in [3.8, 4) is 17.2 Å². The molecule has 1 unspecified atom stereocenters. The van der Waals surface area contributed by atoms with Crippen molar-refractivity contribution in [2.75, 3.05) is 18.9 Å². The summed E-state index contributed by atoms with van der Waals surface area (Å²) < 4.78 is 27.4. The summed E-state index contributed by atoms with van der Waals surface area (Å²) in [7, 11) is 1.73. The Morgan fingerprint density at radius 1 is 1.26 bits per heavy atom. The Bertz CT molecular complexity index is 1470. The second kappa shape index (κ2) is 11.2. The fraction of sp³-hybridized carbons (Fsp3) is 0.286. The third-order valence-corrected chi connectivity index (χ3v) is 7.73. The molecule has 0 spiro atoms. The molecule has 0 saturated heterocycles. The average Bonchev–Trinajstić information content (AvgIpc) is 3.54. The highest BCUT2D eigenvalue weighted by atomic mass is 32.1. The number of carbonyl (C=O) groups is 1. The number of hydrogen-bond acceptors (Lipinski definition) is 6. The van der Waals surface area contributed by atoms with Gasteiger partial charge in [0.15, 0.2) is 5.13 Å². The Labute approximate surface area is 223 Å². The summed E-state index contributed by atoms with van der Waals surface area (Å²) in [6, 6.07) is 16.9. The van der Waals surface area contributed by atoms with Crippen molar-refractivity contribution in [3.05, 3.63) is 88.2 Å². The minimum Gasteiger partial charge on any atom is -0.298 e. The summed E-state index contributed by atoms with van der Waals surface area (Å²) in [5.74, 6) is -0.247. The Kier molecular flexibility index (Phi) is 7.58. The monoisotopic (exact) mass is 532 g/mol. The summed E-state index contributed by atoms with van der Waals surface area (Å²) in [5.41, 5.74) is 4.91. The second-order valence-electron chi connectivity index (χ2n) is 9.39. The number of benzene rings is 2. The predicted octanol–water partition coefficient (Wildman–Crippen LogP) is 5.23. The van der Waals surface area contributed by atoms with Crippen LogP contribution in [0.1, 0.15) is 38.5 Å². The van der Waals surface area contributed by atoms with E-state index in [0.29, 0.717) is 35.6 Å². The molecule has 194 valence electrons. The number of anilines is 1. The van der Waals surface area contributed by atoms with Crippen molar-refractivity contribution in [2.45, 2.75) is 38.3 Å². The van der Waals surface area contributed by atoms with E-state index in [0.717, 1.165) is 33.7 Å². The van der Waals surface area contributed by atoms with Gasteiger partial charge in [-0.25, -0.2) is 13.8 Å². The van der Waals surface area contributed by atoms with Gasteiger partial charge in [-0.1, -0.05) is 24.3 Å². The van der Waals surface area contributed by atoms with E-state index in [1.54, 1.807) is 41.0 Å². The molecule has 1 amide bonds. The standard InChI is InChI=1S/C28H26F2N6OS/c1-35(17-26(29)30)23-9-10-24-25(12-23)38-28(33-24)34-27(37)21-4-2-3-19(11-21)15-36-16-22(14-32-36)20-7-5-18(13-31)6-8-20/h2-8,11,14,16,23,26H,9-10,12,15,17H2,1H3,(H,33,34,37). The average molecular weight is 533 g/mol. The molecular weight excluding hydrogens is 506 g/mol. The minimum absolute atomic E-state index is 0.0527. The fourth-order valence-electron chi connectivity index (χ4n) is 4.66. The van der Waals surface area contributed by atoms with Gasteiger partial charge in [0.25, 0.3) is 12.3 Å². The van der Waals surface area contributed by atoms with E-state index in [4.69, 9.17) is 5.26 Å². The molecule has 1 atom stereocenters. The number of aromatic nitrogens is 3. The number of alkyl halides is 2. The minimum atomic E-state index is -2.36. The maximum absolute atomic E-state index is 13.0. The molecular formula is C28H26F2N6OS. The van der Waals surface area contributed by atoms with Gasteiger partial charge in [-0.3, -0.25) is 19.7 Å². The van der Waals surface area contributed by atoms with Gasteiger partial charge in [-0.2, -0.15) is 10.4 Å². The topological polar surface area (TPSA) is 86.8 Å². The first kappa shape index (κ1) is 25.7. The van der Waals surface area contributed by atoms with E-state index in [-0.39, 0.29) is 18.5 Å². The zero-order chi connectivity index (χ0) is 26.6. The van der Waals surface area contributed by atoms with Crippen LogP contribution in [0.25, 0.3) is 11.1 Å². The van der Waals surface area contributed by atoms with Crippen molar-refractivity contribution in [2.24, 2.45) is 0 Å². The highest BCUT2D eigenvalue weighted by molar-refractivity contribution is 7.15. The Morgan fingerprint density at radius 3 is 2.84 bits per heavy atom. The zero-order valence-corrected chi connectivity index (χ0v) is 21.6. The first-order valence-electron chi connectivity index (χ1n) is 12.3. The highest BCUT2D eigenvalue weighted by Crippen LogP contribution is 2.32. The number of halogens is 2. The van der Waals surface area contributed by atoms with Gasteiger partial charge in [-0.05, 0) is 61.7 Å². The number of nitrogens with zero attached hydrogens (tertiary/aromatic N) is 5. The third kappa shape index (κ3) is 5.96. The molecule has 0 saturated carbocycles. The van der Waals surface area contributed by atoms with Crippen molar-refractivity contribution in [3.63, 3.8) is 0 Å². The first-order chi connectivity index (χ1) is 18.4. The van der Waals surface area contributed by atoms with Crippen LogP contribution in [-0.4, -0.2) is 51.6 Å². The van der Waals surface area contributed by atoms with Crippen molar-refractivity contribution in [1.82, 2.24) is 19.7 Å². The van der Waals surface area contributed by atoms with Crippen molar-refractivity contribution < 1.29 is 13.6 Å². The van der Waals surface area contributed by atoms with Crippen LogP contribution < -0.4 is 5.32 Å². The van der Waals surface area contributed by atoms with E-state index in [2.05, 4.69) is 21.5 Å². The number of aryl methyl sites for hydroxylation is 1. The maximum Gasteiger partial charge on any atom is 0.257 e. The van der Waals surface area contributed by atoms with Crippen LogP contribution in [0.3, 0.4) is 0 Å². The third-order valence-electron chi connectivity index (χ3n) is 6.70. The molecule has 0 fully saturated rings. The summed E-state index contributed by atoms with van der Waals surface area (Å²) in [5, 5.41) is 16.9.